The third-order valence-corrected chi connectivity index (χ3v) is 5.39. The summed E-state index contributed by atoms with van der Waals surface area (Å²) >= 11 is 8.84. The molecule has 0 saturated carbocycles. The molecule has 0 aliphatic carbocycles. The highest BCUT2D eigenvalue weighted by molar-refractivity contribution is 9.10. The lowest BCUT2D eigenvalue weighted by atomic mass is 10.1. The monoisotopic (exact) mass is 528 g/mol. The van der Waals surface area contributed by atoms with Gasteiger partial charge in [0.1, 0.15) is 5.56 Å². The van der Waals surface area contributed by atoms with Crippen molar-refractivity contribution in [3.8, 4) is 11.3 Å². The molecule has 0 saturated heterocycles. The van der Waals surface area contributed by atoms with E-state index in [4.69, 9.17) is 22.0 Å². The lowest BCUT2D eigenvalue weighted by Crippen LogP contribution is -2.10. The molecule has 162 valence electrons. The molecule has 0 amide bonds. The highest BCUT2D eigenvalue weighted by atomic mass is 79.9. The number of hydrogen-bond acceptors (Lipinski definition) is 8. The number of carboxylic acids is 1. The van der Waals surface area contributed by atoms with E-state index in [-0.39, 0.29) is 16.8 Å². The fourth-order valence-corrected chi connectivity index (χ4v) is 3.39. The molecule has 0 atom stereocenters. The van der Waals surface area contributed by atoms with Crippen LogP contribution in [0.2, 0.25) is 5.02 Å². The predicted molar refractivity (Wildman–Crippen MR) is 115 cm³/mol. The number of sulfone groups is 1. The van der Waals surface area contributed by atoms with Crippen molar-refractivity contribution in [2.24, 2.45) is 0 Å². The van der Waals surface area contributed by atoms with Crippen molar-refractivity contribution < 1.29 is 33.3 Å². The van der Waals surface area contributed by atoms with E-state index >= 15 is 0 Å². The van der Waals surface area contributed by atoms with Crippen LogP contribution in [0.1, 0.15) is 20.7 Å². The van der Waals surface area contributed by atoms with Gasteiger partial charge in [0.2, 0.25) is 15.0 Å². The van der Waals surface area contributed by atoms with E-state index in [9.17, 15) is 18.0 Å². The molecule has 0 unspecified atom stereocenters. The van der Waals surface area contributed by atoms with Crippen LogP contribution in [0, 0.1) is 0 Å². The molecule has 0 spiro atoms. The maximum atomic E-state index is 11.5. The molecule has 1 aromatic heterocycles. The molecule has 2 aromatic carbocycles. The number of carbonyl (C=O) groups excluding carboxylic acids is 1. The highest BCUT2D eigenvalue weighted by Gasteiger charge is 2.20. The largest absolute Gasteiger partial charge is 0.478 e. The molecule has 0 fully saturated rings. The number of nitrogens with zero attached hydrogens (tertiary/aromatic N) is 2. The molecule has 0 aliphatic heterocycles. The average Bonchev–Trinajstić information content (AvgIpc) is 2.73. The van der Waals surface area contributed by atoms with Crippen LogP contribution in [0.3, 0.4) is 0 Å². The summed E-state index contributed by atoms with van der Waals surface area (Å²) in [6, 6.07) is 12.9. The Labute approximate surface area is 190 Å². The fourth-order valence-electron chi connectivity index (χ4n) is 2.23. The minimum absolute atomic E-state index is 0.0559. The van der Waals surface area contributed by atoms with Gasteiger partial charge in [-0.15, -0.1) is 0 Å². The van der Waals surface area contributed by atoms with Crippen molar-refractivity contribution in [2.75, 3.05) is 6.26 Å². The highest BCUT2D eigenvalue weighted by Crippen LogP contribution is 2.29. The van der Waals surface area contributed by atoms with E-state index in [1.165, 1.54) is 12.1 Å². The first-order valence-corrected chi connectivity index (χ1v) is 11.3. The second-order valence-electron chi connectivity index (χ2n) is 5.86. The van der Waals surface area contributed by atoms with Gasteiger partial charge in [0, 0.05) is 27.5 Å². The van der Waals surface area contributed by atoms with E-state index in [1.807, 2.05) is 0 Å². The van der Waals surface area contributed by atoms with Gasteiger partial charge >= 0.3 is 11.9 Å². The molecule has 31 heavy (non-hydrogen) atoms. The maximum Gasteiger partial charge on any atom is 0.372 e. The number of carbonyl (C=O) groups is 2. The summed E-state index contributed by atoms with van der Waals surface area (Å²) in [6.07, 6.45) is 1.97. The van der Waals surface area contributed by atoms with Crippen LogP contribution < -0.4 is 0 Å². The quantitative estimate of drug-likeness (QED) is 0.291. The first-order valence-electron chi connectivity index (χ1n) is 8.21. The van der Waals surface area contributed by atoms with Crippen LogP contribution in [0.25, 0.3) is 11.3 Å². The zero-order valence-corrected chi connectivity index (χ0v) is 18.8. The minimum Gasteiger partial charge on any atom is -0.478 e. The Bertz CT molecular complexity index is 1240. The Hall–Kier alpha value is -2.86. The van der Waals surface area contributed by atoms with E-state index in [0.29, 0.717) is 15.1 Å². The van der Waals surface area contributed by atoms with Crippen molar-refractivity contribution in [3.63, 3.8) is 0 Å². The lowest BCUT2D eigenvalue weighted by molar-refractivity contribution is -0.182. The third kappa shape index (κ3) is 6.56. The van der Waals surface area contributed by atoms with Gasteiger partial charge in [0.15, 0.2) is 0 Å². The van der Waals surface area contributed by atoms with Crippen LogP contribution in [0.4, 0.5) is 0 Å². The number of rotatable bonds is 4. The molecule has 9 nitrogen and oxygen atoms in total. The topological polar surface area (TPSA) is 144 Å². The van der Waals surface area contributed by atoms with Crippen LogP contribution in [-0.2, 0) is 14.7 Å². The van der Waals surface area contributed by atoms with Crippen molar-refractivity contribution in [1.29, 1.82) is 0 Å². The molecule has 3 rings (SSSR count). The summed E-state index contributed by atoms with van der Waals surface area (Å²) in [4.78, 5) is 32.8. The van der Waals surface area contributed by atoms with Gasteiger partial charge in [0.25, 0.3) is 0 Å². The zero-order valence-electron chi connectivity index (χ0n) is 15.7. The van der Waals surface area contributed by atoms with Crippen LogP contribution in [-0.4, -0.2) is 46.9 Å². The van der Waals surface area contributed by atoms with Crippen molar-refractivity contribution in [1.82, 2.24) is 9.97 Å². The van der Waals surface area contributed by atoms with Crippen molar-refractivity contribution >= 4 is 49.3 Å². The summed E-state index contributed by atoms with van der Waals surface area (Å²) in [7, 11) is -3.62. The lowest BCUT2D eigenvalue weighted by Gasteiger charge is -2.08. The van der Waals surface area contributed by atoms with E-state index in [1.54, 1.807) is 36.4 Å². The van der Waals surface area contributed by atoms with Crippen molar-refractivity contribution in [3.05, 3.63) is 75.4 Å². The van der Waals surface area contributed by atoms with Crippen molar-refractivity contribution in [2.45, 2.75) is 5.16 Å². The Kier molecular flexibility index (Phi) is 8.22. The Morgan fingerprint density at radius 3 is 2.35 bits per heavy atom. The number of aromatic nitrogens is 2. The molecule has 0 radical (unpaired) electrons. The Morgan fingerprint density at radius 1 is 1.13 bits per heavy atom. The van der Waals surface area contributed by atoms with Gasteiger partial charge in [-0.2, -0.15) is 5.26 Å². The number of benzene rings is 2. The van der Waals surface area contributed by atoms with Gasteiger partial charge in [0.05, 0.1) is 11.3 Å². The first-order chi connectivity index (χ1) is 14.5. The van der Waals surface area contributed by atoms with Gasteiger partial charge in [-0.05, 0) is 24.3 Å². The maximum absolute atomic E-state index is 11.5. The van der Waals surface area contributed by atoms with Gasteiger partial charge in [-0.25, -0.2) is 28.0 Å². The van der Waals surface area contributed by atoms with Gasteiger partial charge in [-0.1, -0.05) is 51.8 Å². The minimum atomic E-state index is -3.62. The smallest absolute Gasteiger partial charge is 0.372 e. The fraction of sp³-hybridized carbons (Fsp3) is 0.0526. The Morgan fingerprint density at radius 2 is 1.81 bits per heavy atom. The Balaban J connectivity index is 0.000000262. The van der Waals surface area contributed by atoms with E-state index in [0.717, 1.165) is 12.5 Å². The second-order valence-corrected chi connectivity index (χ2v) is 9.06. The average molecular weight is 530 g/mol. The molecule has 0 bridgehead atoms. The van der Waals surface area contributed by atoms with E-state index < -0.39 is 26.9 Å². The summed E-state index contributed by atoms with van der Waals surface area (Å²) in [5.74, 6) is -2.04. The molecular formula is C19H14BrClN2O7S. The van der Waals surface area contributed by atoms with Crippen LogP contribution >= 0.6 is 27.5 Å². The third-order valence-electron chi connectivity index (χ3n) is 3.60. The molecule has 0 aliphatic rings. The summed E-state index contributed by atoms with van der Waals surface area (Å²) in [5, 5.41) is 17.2. The standard InChI is InChI=1S/C12H9BrN2O4S.C7H5ClO3/c1-20(18,19)12-14-6-8(11(16)17)10(15-12)7-4-2-3-5-9(7)13;8-6-3-1-2-5(4-6)7(9)11-10/h2-6H,1H3,(H,16,17);1-4,10H. The number of carboxylic acid groups (broad SMARTS) is 1. The van der Waals surface area contributed by atoms with Gasteiger partial charge in [-0.3, -0.25) is 4.89 Å². The van der Waals surface area contributed by atoms with E-state index in [2.05, 4.69) is 30.8 Å². The van der Waals surface area contributed by atoms with Gasteiger partial charge < -0.3 is 5.11 Å². The summed E-state index contributed by atoms with van der Waals surface area (Å²) in [6.45, 7) is 0. The second kappa shape index (κ2) is 10.4. The molecule has 1 heterocycles. The predicted octanol–water partition coefficient (Wildman–Crippen LogP) is 3.98. The number of hydrogen-bond donors (Lipinski definition) is 2. The zero-order chi connectivity index (χ0) is 23.2. The van der Waals surface area contributed by atoms with Crippen LogP contribution in [0.15, 0.2) is 64.4 Å². The first kappa shape index (κ1) is 24.4. The molecule has 2 N–H and O–H groups in total. The number of aromatic carboxylic acids is 1. The molecular weight excluding hydrogens is 516 g/mol. The normalized spacial score (nSPS) is 10.6. The SMILES string of the molecule is CS(=O)(=O)c1ncc(C(=O)O)c(-c2ccccc2Br)n1.O=C(OO)c1cccc(Cl)c1. The summed E-state index contributed by atoms with van der Waals surface area (Å²) < 4.78 is 23.6. The summed E-state index contributed by atoms with van der Waals surface area (Å²) in [5.41, 5.74) is 0.599. The van der Waals surface area contributed by atoms with Crippen LogP contribution in [0.5, 0.6) is 0 Å². The molecule has 12 heteroatoms. The molecule has 3 aromatic rings. The number of halogens is 2.